The Morgan fingerprint density at radius 3 is 2.89 bits per heavy atom. The summed E-state index contributed by atoms with van der Waals surface area (Å²) in [5, 5.41) is 12.8. The number of halogens is 3. The predicted molar refractivity (Wildman–Crippen MR) is 126 cm³/mol. The molecule has 6 nitrogen and oxygen atoms in total. The van der Waals surface area contributed by atoms with Crippen LogP contribution in [0.25, 0.3) is 0 Å². The Morgan fingerprint density at radius 2 is 2.18 bits per heavy atom. The molecule has 2 N–H and O–H groups in total. The Bertz CT molecular complexity index is 808. The van der Waals surface area contributed by atoms with Crippen LogP contribution in [0.1, 0.15) is 37.0 Å². The summed E-state index contributed by atoms with van der Waals surface area (Å²) >= 11 is 12.2. The quantitative estimate of drug-likeness (QED) is 0.254. The molecular formula is C19H27Cl2IN6. The third-order valence-electron chi connectivity index (χ3n) is 4.71. The van der Waals surface area contributed by atoms with E-state index >= 15 is 0 Å². The number of aryl methyl sites for hydroxylation is 3. The fourth-order valence-electron chi connectivity index (χ4n) is 3.23. The highest BCUT2D eigenvalue weighted by molar-refractivity contribution is 14.0. The zero-order valence-electron chi connectivity index (χ0n) is 16.2. The highest BCUT2D eigenvalue weighted by Gasteiger charge is 2.21. The van der Waals surface area contributed by atoms with Gasteiger partial charge in [0.05, 0.1) is 6.54 Å². The first-order chi connectivity index (χ1) is 13.1. The zero-order valence-corrected chi connectivity index (χ0v) is 20.1. The molecule has 1 aromatic heterocycles. The molecule has 28 heavy (non-hydrogen) atoms. The average Bonchev–Trinajstić information content (AvgIpc) is 3.08. The molecule has 154 valence electrons. The van der Waals surface area contributed by atoms with Crippen molar-refractivity contribution in [2.75, 3.05) is 13.6 Å². The van der Waals surface area contributed by atoms with Crippen molar-refractivity contribution in [2.45, 2.75) is 51.6 Å². The first-order valence-corrected chi connectivity index (χ1v) is 10.2. The van der Waals surface area contributed by atoms with Gasteiger partial charge in [-0.1, -0.05) is 36.2 Å². The molecule has 1 aliphatic rings. The SMILES string of the molecule is CCc1nc2n(n1)CC(NC(=NC)NCCCc1ccc(Cl)cc1Cl)CC2.I. The van der Waals surface area contributed by atoms with Crippen molar-refractivity contribution in [3.8, 4) is 0 Å². The van der Waals surface area contributed by atoms with Crippen LogP contribution in [0.4, 0.5) is 0 Å². The Labute approximate surface area is 193 Å². The predicted octanol–water partition coefficient (Wildman–Crippen LogP) is 3.88. The molecule has 2 aromatic rings. The first-order valence-electron chi connectivity index (χ1n) is 9.42. The zero-order chi connectivity index (χ0) is 19.2. The van der Waals surface area contributed by atoms with E-state index in [0.29, 0.717) is 11.1 Å². The van der Waals surface area contributed by atoms with Crippen LogP contribution in [-0.4, -0.2) is 40.4 Å². The molecular weight excluding hydrogens is 510 g/mol. The minimum Gasteiger partial charge on any atom is -0.356 e. The Hall–Kier alpha value is -1.06. The number of guanidine groups is 1. The fourth-order valence-corrected chi connectivity index (χ4v) is 3.73. The van der Waals surface area contributed by atoms with Crippen LogP contribution >= 0.6 is 47.2 Å². The van der Waals surface area contributed by atoms with E-state index in [9.17, 15) is 0 Å². The van der Waals surface area contributed by atoms with E-state index in [-0.39, 0.29) is 24.0 Å². The molecule has 1 atom stereocenters. The summed E-state index contributed by atoms with van der Waals surface area (Å²) in [5.74, 6) is 2.84. The van der Waals surface area contributed by atoms with E-state index in [2.05, 4.69) is 32.6 Å². The van der Waals surface area contributed by atoms with Gasteiger partial charge in [0, 0.05) is 42.5 Å². The van der Waals surface area contributed by atoms with Gasteiger partial charge in [0.2, 0.25) is 0 Å². The average molecular weight is 537 g/mol. The number of nitrogens with zero attached hydrogens (tertiary/aromatic N) is 4. The van der Waals surface area contributed by atoms with Crippen LogP contribution in [0, 0.1) is 0 Å². The number of fused-ring (bicyclic) bond motifs is 1. The molecule has 1 aromatic carbocycles. The smallest absolute Gasteiger partial charge is 0.191 e. The van der Waals surface area contributed by atoms with Crippen molar-refractivity contribution in [1.82, 2.24) is 25.4 Å². The lowest BCUT2D eigenvalue weighted by atomic mass is 10.1. The lowest BCUT2D eigenvalue weighted by Crippen LogP contribution is -2.47. The molecule has 0 radical (unpaired) electrons. The van der Waals surface area contributed by atoms with Crippen molar-refractivity contribution in [3.05, 3.63) is 45.5 Å². The molecule has 0 saturated heterocycles. The molecule has 0 spiro atoms. The van der Waals surface area contributed by atoms with E-state index in [1.54, 1.807) is 13.1 Å². The van der Waals surface area contributed by atoms with Gasteiger partial charge in [0.1, 0.15) is 5.82 Å². The van der Waals surface area contributed by atoms with Crippen molar-refractivity contribution in [1.29, 1.82) is 0 Å². The number of hydrogen-bond acceptors (Lipinski definition) is 3. The molecule has 1 aliphatic heterocycles. The normalized spacial score (nSPS) is 16.3. The summed E-state index contributed by atoms with van der Waals surface area (Å²) < 4.78 is 2.02. The van der Waals surface area contributed by atoms with Crippen molar-refractivity contribution < 1.29 is 0 Å². The summed E-state index contributed by atoms with van der Waals surface area (Å²) in [6.45, 7) is 3.73. The van der Waals surface area contributed by atoms with Gasteiger partial charge in [0.15, 0.2) is 11.8 Å². The lowest BCUT2D eigenvalue weighted by molar-refractivity contribution is 0.392. The third kappa shape index (κ3) is 6.22. The summed E-state index contributed by atoms with van der Waals surface area (Å²) in [6.07, 6.45) is 4.70. The van der Waals surface area contributed by atoms with E-state index in [4.69, 9.17) is 23.2 Å². The second-order valence-electron chi connectivity index (χ2n) is 6.70. The maximum Gasteiger partial charge on any atom is 0.191 e. The molecule has 9 heteroatoms. The highest BCUT2D eigenvalue weighted by Crippen LogP contribution is 2.21. The largest absolute Gasteiger partial charge is 0.356 e. The standard InChI is InChI=1S/C19H26Cl2N6.HI/c1-3-17-25-18-9-8-15(12-27(18)26-17)24-19(22-2)23-10-4-5-13-6-7-14(20)11-16(13)21;/h6-7,11,15H,3-5,8-10,12H2,1-2H3,(H2,22,23,24);1H. The van der Waals surface area contributed by atoms with Crippen LogP contribution in [0.3, 0.4) is 0 Å². The van der Waals surface area contributed by atoms with Gasteiger partial charge in [-0.15, -0.1) is 24.0 Å². The number of benzene rings is 1. The Kier molecular flexibility index (Phi) is 9.30. The summed E-state index contributed by atoms with van der Waals surface area (Å²) in [4.78, 5) is 8.90. The van der Waals surface area contributed by atoms with Gasteiger partial charge >= 0.3 is 0 Å². The first kappa shape index (κ1) is 23.2. The fraction of sp³-hybridized carbons (Fsp3) is 0.526. The Morgan fingerprint density at radius 1 is 1.36 bits per heavy atom. The number of aliphatic imine (C=N–C) groups is 1. The van der Waals surface area contributed by atoms with Gasteiger partial charge in [-0.2, -0.15) is 5.10 Å². The molecule has 2 heterocycles. The number of aromatic nitrogens is 3. The van der Waals surface area contributed by atoms with Gasteiger partial charge in [0.25, 0.3) is 0 Å². The monoisotopic (exact) mass is 536 g/mol. The van der Waals surface area contributed by atoms with E-state index in [0.717, 1.165) is 73.4 Å². The molecule has 0 bridgehead atoms. The summed E-state index contributed by atoms with van der Waals surface area (Å²) in [5.41, 5.74) is 1.11. The topological polar surface area (TPSA) is 67.1 Å². The van der Waals surface area contributed by atoms with Crippen molar-refractivity contribution >= 4 is 53.1 Å². The van der Waals surface area contributed by atoms with Crippen LogP contribution in [0.2, 0.25) is 10.0 Å². The van der Waals surface area contributed by atoms with E-state index < -0.39 is 0 Å². The molecule has 0 aliphatic carbocycles. The molecule has 1 unspecified atom stereocenters. The minimum atomic E-state index is 0. The number of nitrogens with one attached hydrogen (secondary N) is 2. The van der Waals surface area contributed by atoms with Gasteiger partial charge in [-0.25, -0.2) is 9.67 Å². The van der Waals surface area contributed by atoms with Crippen LogP contribution in [0.5, 0.6) is 0 Å². The number of rotatable bonds is 6. The van der Waals surface area contributed by atoms with Gasteiger partial charge in [-0.3, -0.25) is 4.99 Å². The Balaban J connectivity index is 0.00000280. The van der Waals surface area contributed by atoms with Crippen molar-refractivity contribution in [3.63, 3.8) is 0 Å². The van der Waals surface area contributed by atoms with Crippen LogP contribution in [0.15, 0.2) is 23.2 Å². The molecule has 3 rings (SSSR count). The lowest BCUT2D eigenvalue weighted by Gasteiger charge is -2.25. The third-order valence-corrected chi connectivity index (χ3v) is 5.30. The summed E-state index contributed by atoms with van der Waals surface area (Å²) in [7, 11) is 1.80. The maximum atomic E-state index is 6.23. The molecule has 0 amide bonds. The van der Waals surface area contributed by atoms with E-state index in [1.165, 1.54) is 0 Å². The second-order valence-corrected chi connectivity index (χ2v) is 7.54. The van der Waals surface area contributed by atoms with Gasteiger partial charge in [-0.05, 0) is 37.0 Å². The van der Waals surface area contributed by atoms with Gasteiger partial charge < -0.3 is 10.6 Å². The maximum absolute atomic E-state index is 6.23. The highest BCUT2D eigenvalue weighted by atomic mass is 127. The number of hydrogen-bond donors (Lipinski definition) is 2. The van der Waals surface area contributed by atoms with Crippen molar-refractivity contribution in [2.24, 2.45) is 4.99 Å². The van der Waals surface area contributed by atoms with E-state index in [1.807, 2.05) is 16.8 Å². The van der Waals surface area contributed by atoms with Crippen LogP contribution in [-0.2, 0) is 25.8 Å². The second kappa shape index (κ2) is 11.2. The molecule has 0 fully saturated rings. The molecule has 0 saturated carbocycles. The van der Waals surface area contributed by atoms with Crippen LogP contribution < -0.4 is 10.6 Å². The summed E-state index contributed by atoms with van der Waals surface area (Å²) in [6, 6.07) is 5.96. The minimum absolute atomic E-state index is 0.